The van der Waals surface area contributed by atoms with Crippen LogP contribution in [0.1, 0.15) is 107 Å². The Labute approximate surface area is 222 Å². The van der Waals surface area contributed by atoms with Crippen LogP contribution >= 0.6 is 0 Å². The van der Waals surface area contributed by atoms with Crippen molar-refractivity contribution >= 4 is 5.91 Å². The van der Waals surface area contributed by atoms with Gasteiger partial charge in [-0.2, -0.15) is 4.39 Å². The topological polar surface area (TPSA) is 75.9 Å². The molecular formula is C29H45FN6O. The monoisotopic (exact) mass is 512 g/mol. The second-order valence-corrected chi connectivity index (χ2v) is 10.8. The summed E-state index contributed by atoms with van der Waals surface area (Å²) < 4.78 is 15.8. The highest BCUT2D eigenvalue weighted by molar-refractivity contribution is 5.79. The molecule has 0 spiro atoms. The number of rotatable bonds is 13. The second-order valence-electron chi connectivity index (χ2n) is 10.8. The maximum absolute atomic E-state index is 13.5. The van der Waals surface area contributed by atoms with Gasteiger partial charge in [0.2, 0.25) is 11.9 Å². The summed E-state index contributed by atoms with van der Waals surface area (Å²) in [7, 11) is 2.10. The molecule has 37 heavy (non-hydrogen) atoms. The fourth-order valence-electron chi connectivity index (χ4n) is 5.49. The predicted molar refractivity (Wildman–Crippen MR) is 146 cm³/mol. The predicted octanol–water partition coefficient (Wildman–Crippen LogP) is 5.90. The number of aromatic nitrogens is 4. The molecule has 7 nitrogen and oxygen atoms in total. The van der Waals surface area contributed by atoms with E-state index in [0.29, 0.717) is 12.3 Å². The minimum Gasteiger partial charge on any atom is -0.349 e. The van der Waals surface area contributed by atoms with E-state index in [1.165, 1.54) is 12.5 Å². The van der Waals surface area contributed by atoms with Crippen LogP contribution in [0.4, 0.5) is 4.39 Å². The average molecular weight is 513 g/mol. The van der Waals surface area contributed by atoms with Crippen LogP contribution in [0.5, 0.6) is 0 Å². The maximum Gasteiger partial charge on any atom is 0.223 e. The van der Waals surface area contributed by atoms with Crippen molar-refractivity contribution in [2.45, 2.75) is 103 Å². The van der Waals surface area contributed by atoms with Gasteiger partial charge in [0.15, 0.2) is 0 Å². The molecule has 1 saturated carbocycles. The third-order valence-corrected chi connectivity index (χ3v) is 7.81. The number of halogens is 1. The Morgan fingerprint density at radius 3 is 2.59 bits per heavy atom. The van der Waals surface area contributed by atoms with E-state index < -0.39 is 5.95 Å². The first-order valence-corrected chi connectivity index (χ1v) is 13.9. The summed E-state index contributed by atoms with van der Waals surface area (Å²) in [6.45, 7) is 13.4. The van der Waals surface area contributed by atoms with Crippen LogP contribution in [0.3, 0.4) is 0 Å². The van der Waals surface area contributed by atoms with E-state index in [0.717, 1.165) is 62.3 Å². The largest absolute Gasteiger partial charge is 0.349 e. The fraction of sp³-hybridized carbons (Fsp3) is 0.655. The van der Waals surface area contributed by atoms with E-state index in [2.05, 4.69) is 64.4 Å². The highest BCUT2D eigenvalue weighted by Crippen LogP contribution is 2.28. The Bertz CT molecular complexity index is 998. The van der Waals surface area contributed by atoms with E-state index >= 15 is 0 Å². The van der Waals surface area contributed by atoms with Crippen LogP contribution in [0, 0.1) is 18.8 Å². The molecule has 1 aliphatic rings. The summed E-state index contributed by atoms with van der Waals surface area (Å²) in [4.78, 5) is 19.2. The average Bonchev–Trinajstić information content (AvgIpc) is 3.29. The minimum absolute atomic E-state index is 0.0656. The van der Waals surface area contributed by atoms with Gasteiger partial charge in [-0.05, 0) is 57.7 Å². The number of pyridine rings is 1. The Balaban J connectivity index is 1.70. The molecule has 0 aromatic carbocycles. The summed E-state index contributed by atoms with van der Waals surface area (Å²) in [5, 5.41) is 12.0. The molecule has 2 aromatic heterocycles. The van der Waals surface area contributed by atoms with Crippen molar-refractivity contribution in [2.75, 3.05) is 13.6 Å². The van der Waals surface area contributed by atoms with Crippen LogP contribution in [-0.2, 0) is 4.79 Å². The summed E-state index contributed by atoms with van der Waals surface area (Å²) in [6, 6.07) is 3.29. The number of hydrogen-bond donors (Lipinski definition) is 1. The van der Waals surface area contributed by atoms with Crippen molar-refractivity contribution < 1.29 is 9.18 Å². The lowest BCUT2D eigenvalue weighted by Crippen LogP contribution is -2.38. The van der Waals surface area contributed by atoms with E-state index in [1.807, 2.05) is 13.0 Å². The summed E-state index contributed by atoms with van der Waals surface area (Å²) in [5.41, 5.74) is 0.835. The van der Waals surface area contributed by atoms with Crippen LogP contribution in [0.2, 0.25) is 0 Å². The molecule has 2 heterocycles. The van der Waals surface area contributed by atoms with Crippen molar-refractivity contribution in [3.05, 3.63) is 54.1 Å². The number of hydrogen-bond acceptors (Lipinski definition) is 5. The standard InChI is InChI=1S/C29H45FN6O/c1-7-24(18-25(8-2)36-21(5)33-34-28(36)20(3)4)35(6)17-16-26(23-14-15-27(30)31-19-23)32-29(37)22-12-10-9-11-13-22/h7,14-15,19-20,22,24-26H,1,8-13,16-18H2,2-6H3,(H,32,37). The highest BCUT2D eigenvalue weighted by atomic mass is 19.1. The third kappa shape index (κ3) is 7.69. The molecule has 2 aromatic rings. The normalized spacial score (nSPS) is 17.1. The molecular weight excluding hydrogens is 467 g/mol. The second kappa shape index (κ2) is 13.8. The molecule has 0 saturated heterocycles. The van der Waals surface area contributed by atoms with Gasteiger partial charge in [-0.25, -0.2) is 4.98 Å². The number of nitrogens with one attached hydrogen (secondary N) is 1. The van der Waals surface area contributed by atoms with Crippen molar-refractivity contribution in [2.24, 2.45) is 5.92 Å². The first-order chi connectivity index (χ1) is 17.7. The molecule has 0 bridgehead atoms. The van der Waals surface area contributed by atoms with Crippen LogP contribution < -0.4 is 5.32 Å². The van der Waals surface area contributed by atoms with E-state index in [-0.39, 0.29) is 30.0 Å². The van der Waals surface area contributed by atoms with Crippen molar-refractivity contribution in [1.82, 2.24) is 30.0 Å². The lowest BCUT2D eigenvalue weighted by molar-refractivity contribution is -0.126. The Kier molecular flexibility index (Phi) is 10.8. The number of likely N-dealkylation sites (N-methyl/N-ethyl adjacent to an activating group) is 1. The number of amides is 1. The zero-order valence-electron chi connectivity index (χ0n) is 23.3. The molecule has 3 unspecified atom stereocenters. The number of nitrogens with zero attached hydrogens (tertiary/aromatic N) is 5. The number of carbonyl (C=O) groups excluding carboxylic acids is 1. The molecule has 1 aliphatic carbocycles. The molecule has 1 amide bonds. The SMILES string of the molecule is C=CC(CC(CC)n1c(C)nnc1C(C)C)N(C)CCC(NC(=O)C1CCCCC1)c1ccc(F)nc1. The smallest absolute Gasteiger partial charge is 0.223 e. The molecule has 8 heteroatoms. The van der Waals surface area contributed by atoms with Crippen LogP contribution in [0.25, 0.3) is 0 Å². The lowest BCUT2D eigenvalue weighted by atomic mass is 9.88. The zero-order chi connectivity index (χ0) is 26.9. The Morgan fingerprint density at radius 2 is 2.00 bits per heavy atom. The van der Waals surface area contributed by atoms with Gasteiger partial charge in [-0.15, -0.1) is 16.8 Å². The first kappa shape index (κ1) is 29.0. The van der Waals surface area contributed by atoms with Crippen molar-refractivity contribution in [1.29, 1.82) is 0 Å². The first-order valence-electron chi connectivity index (χ1n) is 13.9. The number of aryl methyl sites for hydroxylation is 1. The van der Waals surface area contributed by atoms with Gasteiger partial charge in [0, 0.05) is 36.7 Å². The maximum atomic E-state index is 13.5. The van der Waals surface area contributed by atoms with Gasteiger partial charge in [0.25, 0.3) is 0 Å². The lowest BCUT2D eigenvalue weighted by Gasteiger charge is -2.32. The molecule has 204 valence electrons. The van der Waals surface area contributed by atoms with E-state index in [9.17, 15) is 9.18 Å². The van der Waals surface area contributed by atoms with Gasteiger partial charge in [0.05, 0.1) is 6.04 Å². The van der Waals surface area contributed by atoms with Gasteiger partial charge >= 0.3 is 0 Å². The van der Waals surface area contributed by atoms with Crippen molar-refractivity contribution in [3.63, 3.8) is 0 Å². The van der Waals surface area contributed by atoms with Gasteiger partial charge in [-0.1, -0.05) is 52.2 Å². The van der Waals surface area contributed by atoms with Gasteiger partial charge in [0.1, 0.15) is 11.6 Å². The van der Waals surface area contributed by atoms with Gasteiger partial charge < -0.3 is 9.88 Å². The zero-order valence-corrected chi connectivity index (χ0v) is 23.3. The molecule has 1 fully saturated rings. The minimum atomic E-state index is -0.513. The highest BCUT2D eigenvalue weighted by Gasteiger charge is 2.26. The van der Waals surface area contributed by atoms with E-state index in [1.54, 1.807) is 12.3 Å². The summed E-state index contributed by atoms with van der Waals surface area (Å²) in [5.74, 6) is 1.91. The molecule has 1 N–H and O–H groups in total. The van der Waals surface area contributed by atoms with E-state index in [4.69, 9.17) is 0 Å². The number of carbonyl (C=O) groups is 1. The van der Waals surface area contributed by atoms with Gasteiger partial charge in [-0.3, -0.25) is 9.69 Å². The molecule has 0 radical (unpaired) electrons. The quantitative estimate of drug-likeness (QED) is 0.267. The molecule has 3 rings (SSSR count). The third-order valence-electron chi connectivity index (χ3n) is 7.81. The molecule has 0 aliphatic heterocycles. The fourth-order valence-corrected chi connectivity index (χ4v) is 5.49. The Morgan fingerprint density at radius 1 is 1.27 bits per heavy atom. The Hall–Kier alpha value is -2.61. The summed E-state index contributed by atoms with van der Waals surface area (Å²) >= 11 is 0. The van der Waals surface area contributed by atoms with Crippen LogP contribution in [0.15, 0.2) is 31.0 Å². The molecule has 3 atom stereocenters. The van der Waals surface area contributed by atoms with Crippen LogP contribution in [-0.4, -0.2) is 50.2 Å². The summed E-state index contributed by atoms with van der Waals surface area (Å²) in [6.07, 6.45) is 11.4. The van der Waals surface area contributed by atoms with Crippen molar-refractivity contribution in [3.8, 4) is 0 Å².